The van der Waals surface area contributed by atoms with E-state index >= 15 is 0 Å². The molecule has 3 nitrogen and oxygen atoms in total. The number of ketones is 1. The van der Waals surface area contributed by atoms with E-state index in [0.717, 1.165) is 22.6 Å². The van der Waals surface area contributed by atoms with Crippen molar-refractivity contribution < 1.29 is 9.53 Å². The van der Waals surface area contributed by atoms with Gasteiger partial charge in [-0.3, -0.25) is 4.79 Å². The average Bonchev–Trinajstić information content (AvgIpc) is 2.71. The Labute approximate surface area is 181 Å². The zero-order valence-corrected chi connectivity index (χ0v) is 17.9. The zero-order valence-electron chi connectivity index (χ0n) is 16.4. The van der Waals surface area contributed by atoms with Crippen molar-refractivity contribution in [3.8, 4) is 5.75 Å². The highest BCUT2D eigenvalue weighted by atomic mass is 35.5. The second-order valence-corrected chi connectivity index (χ2v) is 7.64. The Kier molecular flexibility index (Phi) is 7.18. The number of benzene rings is 3. The smallest absolute Gasteiger partial charge is 0.165 e. The van der Waals surface area contributed by atoms with Crippen molar-refractivity contribution >= 4 is 34.7 Å². The van der Waals surface area contributed by atoms with Crippen molar-refractivity contribution in [3.05, 3.63) is 93.5 Å². The minimum atomic E-state index is -0.253. The number of halogens is 2. The maximum Gasteiger partial charge on any atom is 0.165 e. The lowest BCUT2D eigenvalue weighted by molar-refractivity contribution is 0.0976. The van der Waals surface area contributed by atoms with Crippen LogP contribution in [0.5, 0.6) is 5.75 Å². The Bertz CT molecular complexity index is 969. The van der Waals surface area contributed by atoms with Crippen molar-refractivity contribution in [2.75, 3.05) is 11.9 Å². The molecule has 0 heterocycles. The molecule has 0 fully saturated rings. The van der Waals surface area contributed by atoms with E-state index < -0.39 is 0 Å². The minimum absolute atomic E-state index is 0.0551. The fourth-order valence-corrected chi connectivity index (χ4v) is 3.35. The van der Waals surface area contributed by atoms with Crippen LogP contribution in [0, 0.1) is 6.92 Å². The van der Waals surface area contributed by atoms with E-state index in [1.807, 2.05) is 68.4 Å². The van der Waals surface area contributed by atoms with E-state index in [0.29, 0.717) is 22.2 Å². The molecule has 1 N–H and O–H groups in total. The molecule has 0 bridgehead atoms. The third kappa shape index (κ3) is 5.75. The summed E-state index contributed by atoms with van der Waals surface area (Å²) in [6, 6.07) is 20.5. The molecule has 3 rings (SSSR count). The number of nitrogens with one attached hydrogen (secondary N) is 1. The van der Waals surface area contributed by atoms with Gasteiger partial charge in [0, 0.05) is 17.7 Å². The second kappa shape index (κ2) is 9.82. The van der Waals surface area contributed by atoms with E-state index in [9.17, 15) is 4.79 Å². The molecular weight excluding hydrogens is 405 g/mol. The Morgan fingerprint density at radius 2 is 1.66 bits per heavy atom. The highest BCUT2D eigenvalue weighted by Gasteiger charge is 2.18. The van der Waals surface area contributed by atoms with Gasteiger partial charge < -0.3 is 10.1 Å². The molecular formula is C24H23Cl2NO2. The van der Waals surface area contributed by atoms with Crippen LogP contribution in [0.25, 0.3) is 0 Å². The topological polar surface area (TPSA) is 38.3 Å². The SMILES string of the molecule is CCOc1ccc(NC(CC(=O)c2ccc(C)cc2)c2ccc(Cl)c(Cl)c2)cc1. The van der Waals surface area contributed by atoms with Gasteiger partial charge in [-0.15, -0.1) is 0 Å². The van der Waals surface area contributed by atoms with E-state index in [4.69, 9.17) is 27.9 Å². The van der Waals surface area contributed by atoms with Crippen molar-refractivity contribution in [3.63, 3.8) is 0 Å². The summed E-state index contributed by atoms with van der Waals surface area (Å²) in [5, 5.41) is 4.39. The molecule has 3 aromatic rings. The largest absolute Gasteiger partial charge is 0.494 e. The second-order valence-electron chi connectivity index (χ2n) is 6.82. The molecule has 0 saturated heterocycles. The lowest BCUT2D eigenvalue weighted by atomic mass is 9.97. The third-order valence-corrected chi connectivity index (χ3v) is 5.35. The van der Waals surface area contributed by atoms with Crippen LogP contribution in [0.2, 0.25) is 10.0 Å². The summed E-state index contributed by atoms with van der Waals surface area (Å²) in [5.74, 6) is 0.861. The molecule has 5 heteroatoms. The van der Waals surface area contributed by atoms with Gasteiger partial charge in [0.05, 0.1) is 22.7 Å². The molecule has 0 saturated carbocycles. The van der Waals surface area contributed by atoms with Gasteiger partial charge in [0.25, 0.3) is 0 Å². The summed E-state index contributed by atoms with van der Waals surface area (Å²) in [6.07, 6.45) is 0.286. The van der Waals surface area contributed by atoms with Crippen LogP contribution in [0.4, 0.5) is 5.69 Å². The van der Waals surface area contributed by atoms with Crippen LogP contribution in [0.15, 0.2) is 66.7 Å². The fourth-order valence-electron chi connectivity index (χ4n) is 3.04. The summed E-state index contributed by atoms with van der Waals surface area (Å²) in [7, 11) is 0. The summed E-state index contributed by atoms with van der Waals surface area (Å²) in [6.45, 7) is 4.56. The van der Waals surface area contributed by atoms with Crippen molar-refractivity contribution in [1.29, 1.82) is 0 Å². The van der Waals surface area contributed by atoms with Gasteiger partial charge in [-0.05, 0) is 55.8 Å². The number of carbonyl (C=O) groups excluding carboxylic acids is 1. The standard InChI is InChI=1S/C24H23Cl2NO2/c1-3-29-20-11-9-19(10-12-20)27-23(18-8-13-21(25)22(26)14-18)15-24(28)17-6-4-16(2)5-7-17/h4-14,23,27H,3,15H2,1-2H3. The summed E-state index contributed by atoms with van der Waals surface area (Å²) < 4.78 is 5.50. The Hall–Kier alpha value is -2.49. The molecule has 0 spiro atoms. The number of hydrogen-bond donors (Lipinski definition) is 1. The highest BCUT2D eigenvalue weighted by Crippen LogP contribution is 2.30. The first-order valence-corrected chi connectivity index (χ1v) is 10.3. The van der Waals surface area contributed by atoms with Crippen molar-refractivity contribution in [2.45, 2.75) is 26.3 Å². The summed E-state index contributed by atoms with van der Waals surface area (Å²) >= 11 is 12.3. The van der Waals surface area contributed by atoms with Gasteiger partial charge in [-0.25, -0.2) is 0 Å². The molecule has 29 heavy (non-hydrogen) atoms. The molecule has 0 radical (unpaired) electrons. The summed E-state index contributed by atoms with van der Waals surface area (Å²) in [4.78, 5) is 12.9. The number of aryl methyl sites for hydroxylation is 1. The minimum Gasteiger partial charge on any atom is -0.494 e. The first-order chi connectivity index (χ1) is 14.0. The van der Waals surface area contributed by atoms with E-state index in [-0.39, 0.29) is 18.2 Å². The average molecular weight is 428 g/mol. The van der Waals surface area contributed by atoms with E-state index in [1.165, 1.54) is 0 Å². The van der Waals surface area contributed by atoms with Crippen LogP contribution in [0.1, 0.15) is 40.9 Å². The fraction of sp³-hybridized carbons (Fsp3) is 0.208. The lowest BCUT2D eigenvalue weighted by Crippen LogP contribution is -2.16. The predicted octanol–water partition coefficient (Wildman–Crippen LogP) is 7.13. The molecule has 0 aliphatic carbocycles. The monoisotopic (exact) mass is 427 g/mol. The normalized spacial score (nSPS) is 11.7. The number of carbonyl (C=O) groups is 1. The van der Waals surface area contributed by atoms with Gasteiger partial charge in [-0.2, -0.15) is 0 Å². The predicted molar refractivity (Wildman–Crippen MR) is 121 cm³/mol. The number of anilines is 1. The van der Waals surface area contributed by atoms with E-state index in [1.54, 1.807) is 12.1 Å². The molecule has 1 atom stereocenters. The third-order valence-electron chi connectivity index (χ3n) is 4.62. The van der Waals surface area contributed by atoms with Gasteiger partial charge in [0.15, 0.2) is 5.78 Å². The Balaban J connectivity index is 1.85. The van der Waals surface area contributed by atoms with Gasteiger partial charge in [0.2, 0.25) is 0 Å². The van der Waals surface area contributed by atoms with Gasteiger partial charge in [-0.1, -0.05) is 59.1 Å². The molecule has 150 valence electrons. The molecule has 0 aromatic heterocycles. The van der Waals surface area contributed by atoms with E-state index in [2.05, 4.69) is 5.32 Å². The molecule has 3 aromatic carbocycles. The maximum atomic E-state index is 12.9. The van der Waals surface area contributed by atoms with Crippen LogP contribution in [0.3, 0.4) is 0 Å². The molecule has 0 amide bonds. The number of rotatable bonds is 8. The first kappa shape index (κ1) is 21.2. The summed E-state index contributed by atoms with van der Waals surface area (Å²) in [5.41, 5.74) is 3.60. The molecule has 0 aliphatic rings. The first-order valence-electron chi connectivity index (χ1n) is 9.50. The highest BCUT2D eigenvalue weighted by molar-refractivity contribution is 6.42. The van der Waals surface area contributed by atoms with Crippen molar-refractivity contribution in [2.24, 2.45) is 0 Å². The van der Waals surface area contributed by atoms with Gasteiger partial charge >= 0.3 is 0 Å². The number of ether oxygens (including phenoxy) is 1. The van der Waals surface area contributed by atoms with Gasteiger partial charge in [0.1, 0.15) is 5.75 Å². The number of Topliss-reactive ketones (excluding diaryl/α,β-unsaturated/α-hetero) is 1. The van der Waals surface area contributed by atoms with Crippen molar-refractivity contribution in [1.82, 2.24) is 0 Å². The maximum absolute atomic E-state index is 12.9. The van der Waals surface area contributed by atoms with Crippen LogP contribution in [-0.2, 0) is 0 Å². The number of hydrogen-bond acceptors (Lipinski definition) is 3. The lowest BCUT2D eigenvalue weighted by Gasteiger charge is -2.21. The quantitative estimate of drug-likeness (QED) is 0.388. The Morgan fingerprint density at radius 3 is 2.28 bits per heavy atom. The molecule has 1 unspecified atom stereocenters. The Morgan fingerprint density at radius 1 is 0.966 bits per heavy atom. The van der Waals surface area contributed by atoms with Crippen LogP contribution < -0.4 is 10.1 Å². The van der Waals surface area contributed by atoms with Crippen LogP contribution in [-0.4, -0.2) is 12.4 Å². The molecule has 0 aliphatic heterocycles. The zero-order chi connectivity index (χ0) is 20.8. The van der Waals surface area contributed by atoms with Crippen LogP contribution >= 0.6 is 23.2 Å².